The van der Waals surface area contributed by atoms with E-state index >= 15 is 0 Å². The van der Waals surface area contributed by atoms with Gasteiger partial charge >= 0.3 is 5.97 Å². The molecule has 0 spiro atoms. The van der Waals surface area contributed by atoms with Crippen molar-refractivity contribution in [1.29, 1.82) is 0 Å². The number of allylic oxidation sites excluding steroid dienone is 2. The van der Waals surface area contributed by atoms with Crippen LogP contribution in [0.3, 0.4) is 0 Å². The molecule has 0 aromatic heterocycles. The fraction of sp³-hybridized carbons (Fsp3) is 0.500. The Hall–Kier alpha value is -1.05. The molecule has 2 heteroatoms. The van der Waals surface area contributed by atoms with Gasteiger partial charge in [0.1, 0.15) is 0 Å². The summed E-state index contributed by atoms with van der Waals surface area (Å²) < 4.78 is 4.77. The van der Waals surface area contributed by atoms with E-state index in [0.717, 1.165) is 12.0 Å². The lowest BCUT2D eigenvalue weighted by Gasteiger charge is -2.01. The molecule has 0 bridgehead atoms. The van der Waals surface area contributed by atoms with E-state index in [1.807, 2.05) is 19.1 Å². The molecule has 0 aliphatic rings. The van der Waals surface area contributed by atoms with Crippen molar-refractivity contribution in [1.82, 2.24) is 0 Å². The number of carbonyl (C=O) groups excluding carboxylic acids is 1. The third-order valence-electron chi connectivity index (χ3n) is 1.34. The van der Waals surface area contributed by atoms with Crippen molar-refractivity contribution >= 4 is 5.97 Å². The maximum Gasteiger partial charge on any atom is 0.309 e. The van der Waals surface area contributed by atoms with Gasteiger partial charge in [-0.15, -0.1) is 0 Å². The van der Waals surface area contributed by atoms with Gasteiger partial charge in [-0.25, -0.2) is 0 Å². The van der Waals surface area contributed by atoms with Gasteiger partial charge in [-0.1, -0.05) is 24.3 Å². The molecule has 0 heterocycles. The van der Waals surface area contributed by atoms with E-state index in [4.69, 9.17) is 4.74 Å². The largest absolute Gasteiger partial charge is 0.466 e. The molecule has 0 N–H and O–H groups in total. The second-order valence-corrected chi connectivity index (χ2v) is 2.50. The molecule has 0 radical (unpaired) electrons. The van der Waals surface area contributed by atoms with Crippen LogP contribution in [0.15, 0.2) is 24.3 Å². The summed E-state index contributed by atoms with van der Waals surface area (Å²) in [5, 5.41) is 0. The summed E-state index contributed by atoms with van der Waals surface area (Å²) in [6.45, 7) is 7.94. The third kappa shape index (κ3) is 5.71. The minimum absolute atomic E-state index is 0.188. The highest BCUT2D eigenvalue weighted by Crippen LogP contribution is 2.05. The molecule has 0 aliphatic carbocycles. The molecule has 12 heavy (non-hydrogen) atoms. The number of hydrogen-bond donors (Lipinski definition) is 0. The first-order valence-corrected chi connectivity index (χ1v) is 4.14. The molecule has 0 saturated carbocycles. The highest BCUT2D eigenvalue weighted by Gasteiger charge is 2.02. The smallest absolute Gasteiger partial charge is 0.309 e. The van der Waals surface area contributed by atoms with Gasteiger partial charge in [0, 0.05) is 0 Å². The van der Waals surface area contributed by atoms with Crippen LogP contribution >= 0.6 is 0 Å². The molecule has 68 valence electrons. The van der Waals surface area contributed by atoms with E-state index in [1.54, 1.807) is 6.92 Å². The molecule has 0 rings (SSSR count). The minimum atomic E-state index is -0.188. The zero-order chi connectivity index (χ0) is 9.40. The molecule has 0 fully saturated rings. The zero-order valence-electron chi connectivity index (χ0n) is 7.80. The van der Waals surface area contributed by atoms with Crippen molar-refractivity contribution in [2.24, 2.45) is 0 Å². The highest BCUT2D eigenvalue weighted by molar-refractivity contribution is 5.72. The summed E-state index contributed by atoms with van der Waals surface area (Å²) in [6, 6.07) is 0. The van der Waals surface area contributed by atoms with Crippen LogP contribution in [0.5, 0.6) is 0 Å². The first-order chi connectivity index (χ1) is 5.70. The second-order valence-electron chi connectivity index (χ2n) is 2.50. The van der Waals surface area contributed by atoms with Crippen LogP contribution in [0.25, 0.3) is 0 Å². The molecule has 0 aromatic carbocycles. The molecular formula is C10H16O2. The van der Waals surface area contributed by atoms with Crippen molar-refractivity contribution in [2.45, 2.75) is 26.7 Å². The van der Waals surface area contributed by atoms with Gasteiger partial charge < -0.3 is 4.74 Å². The Balaban J connectivity index is 3.61. The number of ether oxygens (including phenoxy) is 1. The molecule has 0 aliphatic heterocycles. The predicted octanol–water partition coefficient (Wildman–Crippen LogP) is 2.46. The van der Waals surface area contributed by atoms with E-state index in [0.29, 0.717) is 13.0 Å². The van der Waals surface area contributed by atoms with Gasteiger partial charge in [-0.3, -0.25) is 4.79 Å². The van der Waals surface area contributed by atoms with Gasteiger partial charge in [0.25, 0.3) is 0 Å². The number of esters is 1. The average Bonchev–Trinajstić information content (AvgIpc) is 2.01. The summed E-state index contributed by atoms with van der Waals surface area (Å²) in [6.07, 6.45) is 5.01. The molecular weight excluding hydrogens is 152 g/mol. The predicted molar refractivity (Wildman–Crippen MR) is 49.8 cm³/mol. The fourth-order valence-corrected chi connectivity index (χ4v) is 0.773. The maximum absolute atomic E-state index is 10.9. The lowest BCUT2D eigenvalue weighted by molar-refractivity contribution is -0.142. The van der Waals surface area contributed by atoms with Crippen molar-refractivity contribution in [3.05, 3.63) is 24.3 Å². The highest BCUT2D eigenvalue weighted by atomic mass is 16.5. The van der Waals surface area contributed by atoms with Gasteiger partial charge in [0.05, 0.1) is 13.0 Å². The topological polar surface area (TPSA) is 26.3 Å². The van der Waals surface area contributed by atoms with Crippen LogP contribution in [0.1, 0.15) is 26.7 Å². The first-order valence-electron chi connectivity index (χ1n) is 4.14. The van der Waals surface area contributed by atoms with E-state index in [1.165, 1.54) is 0 Å². The standard InChI is InChI=1S/C10H16O2/c1-4-6-7-9(3)8-10(11)12-5-2/h4,6H,3,5,7-8H2,1-2H3/b6-4+. The molecule has 0 unspecified atom stereocenters. The van der Waals surface area contributed by atoms with E-state index < -0.39 is 0 Å². The van der Waals surface area contributed by atoms with Crippen molar-refractivity contribution in [3.8, 4) is 0 Å². The van der Waals surface area contributed by atoms with Crippen molar-refractivity contribution in [2.75, 3.05) is 6.61 Å². The second kappa shape index (κ2) is 6.65. The van der Waals surface area contributed by atoms with Crippen LogP contribution in [0, 0.1) is 0 Å². The number of rotatable bonds is 5. The SMILES string of the molecule is C=C(C/C=C/C)CC(=O)OCC. The maximum atomic E-state index is 10.9. The van der Waals surface area contributed by atoms with E-state index in [-0.39, 0.29) is 5.97 Å². The Morgan fingerprint density at radius 2 is 2.25 bits per heavy atom. The molecule has 0 aromatic rings. The lowest BCUT2D eigenvalue weighted by atomic mass is 10.1. The number of hydrogen-bond acceptors (Lipinski definition) is 2. The van der Waals surface area contributed by atoms with E-state index in [9.17, 15) is 4.79 Å². The van der Waals surface area contributed by atoms with Gasteiger partial charge in [0.15, 0.2) is 0 Å². The Kier molecular flexibility index (Phi) is 6.07. The Morgan fingerprint density at radius 3 is 2.75 bits per heavy atom. The summed E-state index contributed by atoms with van der Waals surface area (Å²) in [5.41, 5.74) is 0.895. The van der Waals surface area contributed by atoms with Crippen molar-refractivity contribution in [3.63, 3.8) is 0 Å². The first kappa shape index (κ1) is 11.0. The Morgan fingerprint density at radius 1 is 1.58 bits per heavy atom. The zero-order valence-corrected chi connectivity index (χ0v) is 7.80. The van der Waals surface area contributed by atoms with Crippen LogP contribution in [0.2, 0.25) is 0 Å². The van der Waals surface area contributed by atoms with Gasteiger partial charge in [-0.05, 0) is 20.3 Å². The normalized spacial score (nSPS) is 10.2. The number of carbonyl (C=O) groups is 1. The summed E-state index contributed by atoms with van der Waals surface area (Å²) in [7, 11) is 0. The molecule has 0 saturated heterocycles. The monoisotopic (exact) mass is 168 g/mol. The van der Waals surface area contributed by atoms with E-state index in [2.05, 4.69) is 6.58 Å². The van der Waals surface area contributed by atoms with Gasteiger partial charge in [0.2, 0.25) is 0 Å². The average molecular weight is 168 g/mol. The Bertz CT molecular complexity index is 180. The molecule has 0 amide bonds. The van der Waals surface area contributed by atoms with Crippen molar-refractivity contribution < 1.29 is 9.53 Å². The Labute approximate surface area is 73.9 Å². The fourth-order valence-electron chi connectivity index (χ4n) is 0.773. The summed E-state index contributed by atoms with van der Waals surface area (Å²) in [4.78, 5) is 10.9. The summed E-state index contributed by atoms with van der Waals surface area (Å²) >= 11 is 0. The van der Waals surface area contributed by atoms with Crippen LogP contribution in [0.4, 0.5) is 0 Å². The third-order valence-corrected chi connectivity index (χ3v) is 1.34. The lowest BCUT2D eigenvalue weighted by Crippen LogP contribution is -2.04. The molecule has 0 atom stereocenters. The van der Waals surface area contributed by atoms with Crippen LogP contribution < -0.4 is 0 Å². The van der Waals surface area contributed by atoms with Gasteiger partial charge in [-0.2, -0.15) is 0 Å². The summed E-state index contributed by atoms with van der Waals surface area (Å²) in [5.74, 6) is -0.188. The quantitative estimate of drug-likeness (QED) is 0.465. The molecule has 2 nitrogen and oxygen atoms in total. The minimum Gasteiger partial charge on any atom is -0.466 e. The van der Waals surface area contributed by atoms with Crippen LogP contribution in [-0.2, 0) is 9.53 Å². The van der Waals surface area contributed by atoms with Crippen LogP contribution in [-0.4, -0.2) is 12.6 Å².